The molecule has 0 unspecified atom stereocenters. The van der Waals surface area contributed by atoms with Crippen LogP contribution in [-0.2, 0) is 0 Å². The fourth-order valence-electron chi connectivity index (χ4n) is 2.15. The van der Waals surface area contributed by atoms with E-state index in [2.05, 4.69) is 10.4 Å². The van der Waals surface area contributed by atoms with Crippen molar-refractivity contribution in [3.05, 3.63) is 47.3 Å². The van der Waals surface area contributed by atoms with Crippen molar-refractivity contribution in [2.45, 2.75) is 19.8 Å². The standard InChI is InChI=1S/C15H15F2N3O/c1-9-8-20(14-11(16)3-2-4-12(14)17)19-13(9)15(21)18-7-10-5-6-10/h2-4,8,10H,5-7H2,1H3,(H,18,21). The molecule has 110 valence electrons. The van der Waals surface area contributed by atoms with Crippen LogP contribution in [0.1, 0.15) is 28.9 Å². The maximum absolute atomic E-state index is 13.7. The van der Waals surface area contributed by atoms with Crippen LogP contribution < -0.4 is 5.32 Å². The van der Waals surface area contributed by atoms with Crippen molar-refractivity contribution in [1.29, 1.82) is 0 Å². The predicted molar refractivity (Wildman–Crippen MR) is 73.3 cm³/mol. The summed E-state index contributed by atoms with van der Waals surface area (Å²) < 4.78 is 28.6. The summed E-state index contributed by atoms with van der Waals surface area (Å²) in [5.41, 5.74) is 0.492. The Morgan fingerprint density at radius 1 is 1.38 bits per heavy atom. The molecule has 1 amide bonds. The van der Waals surface area contributed by atoms with Crippen LogP contribution >= 0.6 is 0 Å². The Labute approximate surface area is 120 Å². The molecule has 1 aliphatic rings. The Balaban J connectivity index is 1.88. The number of amides is 1. The second-order valence-corrected chi connectivity index (χ2v) is 5.33. The zero-order valence-electron chi connectivity index (χ0n) is 11.6. The number of nitrogens with zero attached hydrogens (tertiary/aromatic N) is 2. The molecule has 1 fully saturated rings. The summed E-state index contributed by atoms with van der Waals surface area (Å²) in [7, 11) is 0. The molecule has 6 heteroatoms. The van der Waals surface area contributed by atoms with Crippen LogP contribution in [0, 0.1) is 24.5 Å². The molecular weight excluding hydrogens is 276 g/mol. The Hall–Kier alpha value is -2.24. The van der Waals surface area contributed by atoms with Crippen molar-refractivity contribution in [3.8, 4) is 5.69 Å². The van der Waals surface area contributed by atoms with Gasteiger partial charge in [-0.3, -0.25) is 4.79 Å². The summed E-state index contributed by atoms with van der Waals surface area (Å²) in [6.07, 6.45) is 3.72. The number of nitrogens with one attached hydrogen (secondary N) is 1. The summed E-state index contributed by atoms with van der Waals surface area (Å²) in [5, 5.41) is 6.82. The molecule has 1 aliphatic carbocycles. The third-order valence-corrected chi connectivity index (χ3v) is 3.53. The Morgan fingerprint density at radius 2 is 2.05 bits per heavy atom. The van der Waals surface area contributed by atoms with Crippen LogP contribution in [0.15, 0.2) is 24.4 Å². The molecule has 0 spiro atoms. The number of benzene rings is 1. The van der Waals surface area contributed by atoms with E-state index in [1.165, 1.54) is 12.3 Å². The van der Waals surface area contributed by atoms with E-state index in [0.717, 1.165) is 29.7 Å². The maximum Gasteiger partial charge on any atom is 0.272 e. The number of aryl methyl sites for hydroxylation is 1. The molecule has 2 aromatic rings. The van der Waals surface area contributed by atoms with Gasteiger partial charge in [-0.25, -0.2) is 13.5 Å². The van der Waals surface area contributed by atoms with Gasteiger partial charge in [-0.2, -0.15) is 5.10 Å². The summed E-state index contributed by atoms with van der Waals surface area (Å²) in [6.45, 7) is 2.31. The quantitative estimate of drug-likeness (QED) is 0.941. The lowest BCUT2D eigenvalue weighted by Gasteiger charge is -2.04. The molecule has 3 rings (SSSR count). The molecular formula is C15H15F2N3O. The van der Waals surface area contributed by atoms with E-state index < -0.39 is 11.6 Å². The minimum Gasteiger partial charge on any atom is -0.350 e. The van der Waals surface area contributed by atoms with E-state index in [1.807, 2.05) is 0 Å². The molecule has 1 aromatic heterocycles. The Bertz CT molecular complexity index is 672. The zero-order valence-corrected chi connectivity index (χ0v) is 11.6. The molecule has 0 saturated heterocycles. The van der Waals surface area contributed by atoms with Gasteiger partial charge in [0.2, 0.25) is 0 Å². The van der Waals surface area contributed by atoms with E-state index in [9.17, 15) is 13.6 Å². The number of carbonyl (C=O) groups excluding carboxylic acids is 1. The van der Waals surface area contributed by atoms with Crippen molar-refractivity contribution in [2.24, 2.45) is 5.92 Å². The highest BCUT2D eigenvalue weighted by Gasteiger charge is 2.23. The number of rotatable bonds is 4. The molecule has 1 N–H and O–H groups in total. The van der Waals surface area contributed by atoms with Crippen LogP contribution in [0.5, 0.6) is 0 Å². The van der Waals surface area contributed by atoms with Gasteiger partial charge in [0.05, 0.1) is 0 Å². The van der Waals surface area contributed by atoms with Gasteiger partial charge >= 0.3 is 0 Å². The third kappa shape index (κ3) is 2.79. The monoisotopic (exact) mass is 291 g/mol. The second kappa shape index (κ2) is 5.27. The summed E-state index contributed by atoms with van der Waals surface area (Å²) in [5.74, 6) is -1.19. The fourth-order valence-corrected chi connectivity index (χ4v) is 2.15. The first-order valence-electron chi connectivity index (χ1n) is 6.85. The van der Waals surface area contributed by atoms with Crippen LogP contribution in [0.4, 0.5) is 8.78 Å². The normalized spacial score (nSPS) is 14.2. The first-order chi connectivity index (χ1) is 10.1. The van der Waals surface area contributed by atoms with Gasteiger partial charge in [0.1, 0.15) is 5.69 Å². The van der Waals surface area contributed by atoms with Crippen molar-refractivity contribution < 1.29 is 13.6 Å². The van der Waals surface area contributed by atoms with Crippen LogP contribution in [-0.4, -0.2) is 22.2 Å². The highest BCUT2D eigenvalue weighted by atomic mass is 19.1. The maximum atomic E-state index is 13.7. The molecule has 4 nitrogen and oxygen atoms in total. The number of hydrogen-bond acceptors (Lipinski definition) is 2. The SMILES string of the molecule is Cc1cn(-c2c(F)cccc2F)nc1C(=O)NCC1CC1. The third-order valence-electron chi connectivity index (χ3n) is 3.53. The van der Waals surface area contributed by atoms with Gasteiger partial charge in [-0.1, -0.05) is 6.07 Å². The number of carbonyl (C=O) groups is 1. The number of hydrogen-bond donors (Lipinski definition) is 1. The lowest BCUT2D eigenvalue weighted by Crippen LogP contribution is -2.26. The van der Waals surface area contributed by atoms with E-state index in [4.69, 9.17) is 0 Å². The minimum absolute atomic E-state index is 0.193. The zero-order chi connectivity index (χ0) is 15.0. The van der Waals surface area contributed by atoms with Crippen LogP contribution in [0.25, 0.3) is 5.69 Å². The van der Waals surface area contributed by atoms with Crippen molar-refractivity contribution in [2.75, 3.05) is 6.54 Å². The average molecular weight is 291 g/mol. The molecule has 0 atom stereocenters. The van der Waals surface area contributed by atoms with Crippen LogP contribution in [0.2, 0.25) is 0 Å². The number of halogens is 2. The van der Waals surface area contributed by atoms with Crippen molar-refractivity contribution in [3.63, 3.8) is 0 Å². The Morgan fingerprint density at radius 3 is 2.67 bits per heavy atom. The van der Waals surface area contributed by atoms with Gasteiger partial charge in [0.15, 0.2) is 17.3 Å². The van der Waals surface area contributed by atoms with Gasteiger partial charge in [-0.05, 0) is 37.8 Å². The first kappa shape index (κ1) is 13.7. The molecule has 0 aliphatic heterocycles. The highest BCUT2D eigenvalue weighted by Crippen LogP contribution is 2.27. The van der Waals surface area contributed by atoms with E-state index in [-0.39, 0.29) is 17.3 Å². The summed E-state index contributed by atoms with van der Waals surface area (Å²) in [6, 6.07) is 3.60. The lowest BCUT2D eigenvalue weighted by atomic mass is 10.2. The second-order valence-electron chi connectivity index (χ2n) is 5.33. The van der Waals surface area contributed by atoms with Gasteiger partial charge in [0, 0.05) is 18.3 Å². The lowest BCUT2D eigenvalue weighted by molar-refractivity contribution is 0.0945. The molecule has 21 heavy (non-hydrogen) atoms. The van der Waals surface area contributed by atoms with E-state index in [0.29, 0.717) is 18.0 Å². The fraction of sp³-hybridized carbons (Fsp3) is 0.333. The summed E-state index contributed by atoms with van der Waals surface area (Å²) in [4.78, 5) is 12.0. The van der Waals surface area contributed by atoms with E-state index in [1.54, 1.807) is 6.92 Å². The van der Waals surface area contributed by atoms with Crippen LogP contribution in [0.3, 0.4) is 0 Å². The smallest absolute Gasteiger partial charge is 0.272 e. The molecule has 1 saturated carbocycles. The predicted octanol–water partition coefficient (Wildman–Crippen LogP) is 2.60. The number of para-hydroxylation sites is 1. The van der Waals surface area contributed by atoms with Crippen molar-refractivity contribution in [1.82, 2.24) is 15.1 Å². The largest absolute Gasteiger partial charge is 0.350 e. The summed E-state index contributed by atoms with van der Waals surface area (Å²) >= 11 is 0. The average Bonchev–Trinajstić information content (AvgIpc) is 3.18. The minimum atomic E-state index is -0.720. The van der Waals surface area contributed by atoms with E-state index >= 15 is 0 Å². The Kier molecular flexibility index (Phi) is 3.45. The van der Waals surface area contributed by atoms with Gasteiger partial charge < -0.3 is 5.32 Å². The molecule has 0 bridgehead atoms. The number of aromatic nitrogens is 2. The molecule has 1 heterocycles. The molecule has 1 aromatic carbocycles. The first-order valence-corrected chi connectivity index (χ1v) is 6.85. The molecule has 0 radical (unpaired) electrons. The van der Waals surface area contributed by atoms with Gasteiger partial charge in [-0.15, -0.1) is 0 Å². The topological polar surface area (TPSA) is 46.9 Å². The highest BCUT2D eigenvalue weighted by molar-refractivity contribution is 5.93. The van der Waals surface area contributed by atoms with Gasteiger partial charge in [0.25, 0.3) is 5.91 Å². The van der Waals surface area contributed by atoms with Crippen molar-refractivity contribution >= 4 is 5.91 Å².